The topological polar surface area (TPSA) is 42.7 Å². The number of nitrogens with one attached hydrogen (secondary N) is 1. The van der Waals surface area contributed by atoms with Gasteiger partial charge < -0.3 is 5.32 Å². The van der Waals surface area contributed by atoms with Crippen LogP contribution in [0.1, 0.15) is 18.2 Å². The summed E-state index contributed by atoms with van der Waals surface area (Å²) in [5, 5.41) is 11.4. The molecule has 0 saturated heterocycles. The first kappa shape index (κ1) is 11.8. The van der Waals surface area contributed by atoms with Gasteiger partial charge in [-0.1, -0.05) is 23.4 Å². The molecule has 0 spiro atoms. The fourth-order valence-electron chi connectivity index (χ4n) is 1.82. The number of para-hydroxylation sites is 1. The van der Waals surface area contributed by atoms with Crippen molar-refractivity contribution in [3.63, 3.8) is 0 Å². The van der Waals surface area contributed by atoms with Gasteiger partial charge in [0.2, 0.25) is 0 Å². The standard InChI is InChI=1S/C13H18N4/c1-10-6-4-5-7-13(10)17-12(9-15-16-17)8-11(2)14-3/h4-7,9,11,14H,8H2,1-3H3. The van der Waals surface area contributed by atoms with E-state index in [1.165, 1.54) is 5.56 Å². The zero-order valence-electron chi connectivity index (χ0n) is 10.5. The Hall–Kier alpha value is -1.68. The lowest BCUT2D eigenvalue weighted by atomic mass is 10.1. The molecular weight excluding hydrogens is 212 g/mol. The summed E-state index contributed by atoms with van der Waals surface area (Å²) in [6.07, 6.45) is 2.75. The summed E-state index contributed by atoms with van der Waals surface area (Å²) < 4.78 is 1.92. The molecule has 1 aromatic heterocycles. The van der Waals surface area contributed by atoms with Crippen molar-refractivity contribution in [2.45, 2.75) is 26.3 Å². The van der Waals surface area contributed by atoms with Crippen LogP contribution in [-0.2, 0) is 6.42 Å². The highest BCUT2D eigenvalue weighted by molar-refractivity contribution is 5.40. The maximum atomic E-state index is 4.17. The van der Waals surface area contributed by atoms with E-state index in [0.717, 1.165) is 17.8 Å². The summed E-state index contributed by atoms with van der Waals surface area (Å²) >= 11 is 0. The van der Waals surface area contributed by atoms with Gasteiger partial charge in [-0.2, -0.15) is 0 Å². The number of aromatic nitrogens is 3. The molecule has 0 fully saturated rings. The summed E-state index contributed by atoms with van der Waals surface area (Å²) in [5.74, 6) is 0. The molecular formula is C13H18N4. The lowest BCUT2D eigenvalue weighted by Gasteiger charge is -2.12. The minimum atomic E-state index is 0.413. The van der Waals surface area contributed by atoms with E-state index in [2.05, 4.69) is 41.6 Å². The van der Waals surface area contributed by atoms with Crippen LogP contribution in [0.3, 0.4) is 0 Å². The molecule has 0 bridgehead atoms. The Bertz CT molecular complexity index is 490. The molecule has 1 atom stereocenters. The molecule has 1 unspecified atom stereocenters. The molecule has 4 heteroatoms. The maximum absolute atomic E-state index is 4.17. The lowest BCUT2D eigenvalue weighted by Crippen LogP contribution is -2.24. The molecule has 4 nitrogen and oxygen atoms in total. The van der Waals surface area contributed by atoms with Gasteiger partial charge in [-0.25, -0.2) is 4.68 Å². The van der Waals surface area contributed by atoms with E-state index < -0.39 is 0 Å². The Morgan fingerprint density at radius 2 is 2.12 bits per heavy atom. The van der Waals surface area contributed by atoms with E-state index in [1.807, 2.05) is 30.1 Å². The van der Waals surface area contributed by atoms with Gasteiger partial charge >= 0.3 is 0 Å². The van der Waals surface area contributed by atoms with E-state index >= 15 is 0 Å². The maximum Gasteiger partial charge on any atom is 0.0730 e. The minimum absolute atomic E-state index is 0.413. The molecule has 1 aromatic carbocycles. The van der Waals surface area contributed by atoms with Crippen LogP contribution in [0.25, 0.3) is 5.69 Å². The molecule has 1 heterocycles. The van der Waals surface area contributed by atoms with Crippen molar-refractivity contribution in [3.8, 4) is 5.69 Å². The van der Waals surface area contributed by atoms with Crippen LogP contribution in [0.15, 0.2) is 30.5 Å². The third-order valence-corrected chi connectivity index (χ3v) is 2.97. The SMILES string of the molecule is CNC(C)Cc1cnnn1-c1ccccc1C. The zero-order valence-corrected chi connectivity index (χ0v) is 10.5. The number of rotatable bonds is 4. The Morgan fingerprint density at radius 1 is 1.35 bits per heavy atom. The first-order valence-electron chi connectivity index (χ1n) is 5.85. The highest BCUT2D eigenvalue weighted by atomic mass is 15.4. The predicted molar refractivity (Wildman–Crippen MR) is 68.3 cm³/mol. The zero-order chi connectivity index (χ0) is 12.3. The second kappa shape index (κ2) is 5.10. The second-order valence-corrected chi connectivity index (χ2v) is 4.32. The summed E-state index contributed by atoms with van der Waals surface area (Å²) in [6, 6.07) is 8.62. The predicted octanol–water partition coefficient (Wildman–Crippen LogP) is 1.73. The first-order valence-corrected chi connectivity index (χ1v) is 5.85. The van der Waals surface area contributed by atoms with Gasteiger partial charge in [0.1, 0.15) is 0 Å². The number of nitrogens with zero attached hydrogens (tertiary/aromatic N) is 3. The van der Waals surface area contributed by atoms with Crippen LogP contribution in [0.2, 0.25) is 0 Å². The van der Waals surface area contributed by atoms with Crippen LogP contribution in [-0.4, -0.2) is 28.1 Å². The quantitative estimate of drug-likeness (QED) is 0.869. The minimum Gasteiger partial charge on any atom is -0.317 e. The molecule has 0 radical (unpaired) electrons. The summed E-state index contributed by atoms with van der Waals surface area (Å²) in [5.41, 5.74) is 3.43. The Balaban J connectivity index is 2.34. The normalized spacial score (nSPS) is 12.6. The summed E-state index contributed by atoms with van der Waals surface area (Å²) in [4.78, 5) is 0. The van der Waals surface area contributed by atoms with Gasteiger partial charge in [0.05, 0.1) is 17.6 Å². The van der Waals surface area contributed by atoms with Gasteiger partial charge in [-0.05, 0) is 32.5 Å². The smallest absolute Gasteiger partial charge is 0.0730 e. The number of hydrogen-bond acceptors (Lipinski definition) is 3. The van der Waals surface area contributed by atoms with Gasteiger partial charge in [-0.3, -0.25) is 0 Å². The highest BCUT2D eigenvalue weighted by Gasteiger charge is 2.10. The van der Waals surface area contributed by atoms with Crippen LogP contribution in [0, 0.1) is 6.92 Å². The largest absolute Gasteiger partial charge is 0.317 e. The van der Waals surface area contributed by atoms with E-state index in [9.17, 15) is 0 Å². The second-order valence-electron chi connectivity index (χ2n) is 4.32. The number of likely N-dealkylation sites (N-methyl/N-ethyl adjacent to an activating group) is 1. The highest BCUT2D eigenvalue weighted by Crippen LogP contribution is 2.14. The van der Waals surface area contributed by atoms with Crippen LogP contribution < -0.4 is 5.32 Å². The molecule has 0 amide bonds. The van der Waals surface area contributed by atoms with Crippen molar-refractivity contribution in [1.82, 2.24) is 20.3 Å². The van der Waals surface area contributed by atoms with E-state index in [-0.39, 0.29) is 0 Å². The van der Waals surface area contributed by atoms with Crippen molar-refractivity contribution in [2.24, 2.45) is 0 Å². The third kappa shape index (κ3) is 2.53. The van der Waals surface area contributed by atoms with Gasteiger partial charge in [0.15, 0.2) is 0 Å². The van der Waals surface area contributed by atoms with E-state index in [4.69, 9.17) is 0 Å². The van der Waals surface area contributed by atoms with Crippen molar-refractivity contribution >= 4 is 0 Å². The van der Waals surface area contributed by atoms with Crippen LogP contribution in [0.4, 0.5) is 0 Å². The third-order valence-electron chi connectivity index (χ3n) is 2.97. The molecule has 0 aliphatic rings. The number of hydrogen-bond donors (Lipinski definition) is 1. The summed E-state index contributed by atoms with van der Waals surface area (Å²) in [6.45, 7) is 4.23. The molecule has 17 heavy (non-hydrogen) atoms. The van der Waals surface area contributed by atoms with Crippen molar-refractivity contribution in [2.75, 3.05) is 7.05 Å². The molecule has 90 valence electrons. The van der Waals surface area contributed by atoms with Crippen molar-refractivity contribution < 1.29 is 0 Å². The first-order chi connectivity index (χ1) is 8.22. The molecule has 2 rings (SSSR count). The molecule has 0 aliphatic carbocycles. The Labute approximate surface area is 102 Å². The number of benzene rings is 1. The average Bonchev–Trinajstić information content (AvgIpc) is 2.77. The summed E-state index contributed by atoms with van der Waals surface area (Å²) in [7, 11) is 1.96. The monoisotopic (exact) mass is 230 g/mol. The average molecular weight is 230 g/mol. The Morgan fingerprint density at radius 3 is 2.82 bits per heavy atom. The van der Waals surface area contributed by atoms with Crippen LogP contribution >= 0.6 is 0 Å². The fraction of sp³-hybridized carbons (Fsp3) is 0.385. The van der Waals surface area contributed by atoms with Crippen molar-refractivity contribution in [3.05, 3.63) is 41.7 Å². The molecule has 1 N–H and O–H groups in total. The fourth-order valence-corrected chi connectivity index (χ4v) is 1.82. The van der Waals surface area contributed by atoms with Crippen molar-refractivity contribution in [1.29, 1.82) is 0 Å². The lowest BCUT2D eigenvalue weighted by molar-refractivity contribution is 0.587. The van der Waals surface area contributed by atoms with Crippen LogP contribution in [0.5, 0.6) is 0 Å². The number of aryl methyl sites for hydroxylation is 1. The van der Waals surface area contributed by atoms with Gasteiger partial charge in [-0.15, -0.1) is 5.10 Å². The molecule has 2 aromatic rings. The molecule has 0 saturated carbocycles. The van der Waals surface area contributed by atoms with E-state index in [1.54, 1.807) is 0 Å². The van der Waals surface area contributed by atoms with E-state index in [0.29, 0.717) is 6.04 Å². The van der Waals surface area contributed by atoms with Gasteiger partial charge in [0.25, 0.3) is 0 Å². The molecule has 0 aliphatic heterocycles. The Kier molecular flexibility index (Phi) is 3.54. The van der Waals surface area contributed by atoms with Gasteiger partial charge in [0, 0.05) is 12.5 Å².